The number of nitrogens with one attached hydrogen (secondary N) is 2. The van der Waals surface area contributed by atoms with Gasteiger partial charge >= 0.3 is 6.61 Å². The molecule has 1 atom stereocenters. The van der Waals surface area contributed by atoms with Crippen LogP contribution in [0, 0.1) is 5.41 Å². The minimum atomic E-state index is -2.89. The second-order valence-corrected chi connectivity index (χ2v) is 6.94. The summed E-state index contributed by atoms with van der Waals surface area (Å²) >= 11 is 8.52. The summed E-state index contributed by atoms with van der Waals surface area (Å²) < 4.78 is 29.9. The molecule has 0 aliphatic rings. The molecule has 1 rings (SSSR count). The van der Waals surface area contributed by atoms with Crippen molar-refractivity contribution in [3.05, 3.63) is 22.7 Å². The zero-order valence-electron chi connectivity index (χ0n) is 12.3. The third kappa shape index (κ3) is 5.74. The van der Waals surface area contributed by atoms with E-state index in [0.717, 1.165) is 0 Å². The minimum absolute atomic E-state index is 0.0158. The highest BCUT2D eigenvalue weighted by molar-refractivity contribution is 9.10. The van der Waals surface area contributed by atoms with Gasteiger partial charge < -0.3 is 15.4 Å². The van der Waals surface area contributed by atoms with Gasteiger partial charge in [0.2, 0.25) is 0 Å². The number of ether oxygens (including phenoxy) is 1. The molecule has 1 aromatic rings. The molecule has 0 bridgehead atoms. The molecule has 2 N–H and O–H groups in total. The van der Waals surface area contributed by atoms with E-state index in [1.807, 2.05) is 6.92 Å². The molecule has 21 heavy (non-hydrogen) atoms. The first-order valence-corrected chi connectivity index (χ1v) is 7.62. The summed E-state index contributed by atoms with van der Waals surface area (Å²) in [4.78, 5) is 0. The van der Waals surface area contributed by atoms with Crippen molar-refractivity contribution in [1.29, 1.82) is 0 Å². The van der Waals surface area contributed by atoms with E-state index in [1.165, 1.54) is 6.07 Å². The molecule has 1 aromatic carbocycles. The Bertz CT molecular complexity index is 506. The van der Waals surface area contributed by atoms with Gasteiger partial charge in [0.25, 0.3) is 0 Å². The number of halogens is 3. The van der Waals surface area contributed by atoms with Crippen molar-refractivity contribution in [1.82, 2.24) is 5.32 Å². The molecule has 118 valence electrons. The van der Waals surface area contributed by atoms with Crippen molar-refractivity contribution in [3.8, 4) is 5.75 Å². The van der Waals surface area contributed by atoms with Gasteiger partial charge in [0.05, 0.1) is 5.69 Å². The molecule has 3 nitrogen and oxygen atoms in total. The molecule has 0 heterocycles. The van der Waals surface area contributed by atoms with Crippen LogP contribution in [-0.2, 0) is 0 Å². The fraction of sp³-hybridized carbons (Fsp3) is 0.500. The number of hydrogen-bond acceptors (Lipinski definition) is 2. The molecule has 0 aliphatic heterocycles. The second-order valence-electron chi connectivity index (χ2n) is 5.68. The summed E-state index contributed by atoms with van der Waals surface area (Å²) in [5, 5.41) is 6.39. The van der Waals surface area contributed by atoms with E-state index in [2.05, 4.69) is 52.1 Å². The Hall–Kier alpha value is -0.950. The van der Waals surface area contributed by atoms with Gasteiger partial charge in [-0.2, -0.15) is 8.78 Å². The molecule has 7 heteroatoms. The van der Waals surface area contributed by atoms with Crippen LogP contribution >= 0.6 is 28.1 Å². The van der Waals surface area contributed by atoms with Crippen molar-refractivity contribution in [2.24, 2.45) is 5.41 Å². The van der Waals surface area contributed by atoms with Gasteiger partial charge in [0, 0.05) is 10.5 Å². The average molecular weight is 381 g/mol. The second kappa shape index (κ2) is 7.35. The van der Waals surface area contributed by atoms with Gasteiger partial charge in [-0.05, 0) is 52.6 Å². The zero-order valence-corrected chi connectivity index (χ0v) is 14.7. The van der Waals surface area contributed by atoms with Crippen LogP contribution in [0.1, 0.15) is 27.7 Å². The lowest BCUT2D eigenvalue weighted by Gasteiger charge is -2.29. The van der Waals surface area contributed by atoms with E-state index in [-0.39, 0.29) is 17.2 Å². The summed E-state index contributed by atoms with van der Waals surface area (Å²) in [5.74, 6) is 0.0342. The predicted molar refractivity (Wildman–Crippen MR) is 89.0 cm³/mol. The number of hydrogen-bond donors (Lipinski definition) is 2. The summed E-state index contributed by atoms with van der Waals surface area (Å²) in [5.41, 5.74) is 0.388. The Labute approximate surface area is 137 Å². The number of alkyl halides is 2. The standard InChI is InChI=1S/C14H19BrF2N2OS/c1-8(14(2,3)4)18-13(21)19-11-9(15)6-5-7-10(11)20-12(16)17/h5-8,12H,1-4H3,(H2,18,19,21)/t8-/m1/s1. The molecule has 0 aliphatic carbocycles. The lowest BCUT2D eigenvalue weighted by atomic mass is 9.88. The Morgan fingerprint density at radius 3 is 2.48 bits per heavy atom. The lowest BCUT2D eigenvalue weighted by Crippen LogP contribution is -2.43. The maximum absolute atomic E-state index is 12.4. The van der Waals surface area contributed by atoms with Gasteiger partial charge in [-0.1, -0.05) is 26.8 Å². The van der Waals surface area contributed by atoms with Crippen LogP contribution in [0.15, 0.2) is 22.7 Å². The van der Waals surface area contributed by atoms with E-state index in [9.17, 15) is 8.78 Å². The van der Waals surface area contributed by atoms with Crippen molar-refractivity contribution in [3.63, 3.8) is 0 Å². The minimum Gasteiger partial charge on any atom is -0.433 e. The Morgan fingerprint density at radius 2 is 1.95 bits per heavy atom. The van der Waals surface area contributed by atoms with Crippen LogP contribution in [0.25, 0.3) is 0 Å². The van der Waals surface area contributed by atoms with Crippen molar-refractivity contribution in [2.45, 2.75) is 40.3 Å². The molecule has 0 amide bonds. The topological polar surface area (TPSA) is 33.3 Å². The predicted octanol–water partition coefficient (Wildman–Crippen LogP) is 4.77. The molecule has 0 fully saturated rings. The largest absolute Gasteiger partial charge is 0.433 e. The van der Waals surface area contributed by atoms with Gasteiger partial charge in [-0.25, -0.2) is 0 Å². The summed E-state index contributed by atoms with van der Waals surface area (Å²) in [6.45, 7) is 5.35. The first kappa shape index (κ1) is 18.1. The van der Waals surface area contributed by atoms with Crippen LogP contribution in [0.3, 0.4) is 0 Å². The maximum Gasteiger partial charge on any atom is 0.387 e. The SMILES string of the molecule is C[C@@H](NC(=S)Nc1c(Br)cccc1OC(F)F)C(C)(C)C. The van der Waals surface area contributed by atoms with Crippen molar-refractivity contribution < 1.29 is 13.5 Å². The van der Waals surface area contributed by atoms with Crippen LogP contribution in [0.5, 0.6) is 5.75 Å². The van der Waals surface area contributed by atoms with Gasteiger partial charge in [-0.15, -0.1) is 0 Å². The van der Waals surface area contributed by atoms with Gasteiger partial charge in [0.1, 0.15) is 0 Å². The molecule has 0 spiro atoms. The molecule has 0 saturated carbocycles. The van der Waals surface area contributed by atoms with E-state index < -0.39 is 6.61 Å². The quantitative estimate of drug-likeness (QED) is 0.736. The van der Waals surface area contributed by atoms with E-state index in [0.29, 0.717) is 15.3 Å². The smallest absolute Gasteiger partial charge is 0.387 e. The highest BCUT2D eigenvalue weighted by atomic mass is 79.9. The molecule has 0 aromatic heterocycles. The van der Waals surface area contributed by atoms with E-state index in [4.69, 9.17) is 12.2 Å². The van der Waals surface area contributed by atoms with E-state index in [1.54, 1.807) is 12.1 Å². The highest BCUT2D eigenvalue weighted by Crippen LogP contribution is 2.33. The van der Waals surface area contributed by atoms with Crippen LogP contribution < -0.4 is 15.4 Å². The average Bonchev–Trinajstić information content (AvgIpc) is 2.31. The normalized spacial score (nSPS) is 13.0. The van der Waals surface area contributed by atoms with Crippen LogP contribution in [-0.4, -0.2) is 17.8 Å². The van der Waals surface area contributed by atoms with Crippen LogP contribution in [0.4, 0.5) is 14.5 Å². The Morgan fingerprint density at radius 1 is 1.33 bits per heavy atom. The van der Waals surface area contributed by atoms with E-state index >= 15 is 0 Å². The Balaban J connectivity index is 2.85. The fourth-order valence-electron chi connectivity index (χ4n) is 1.38. The molecular weight excluding hydrogens is 362 g/mol. The number of thiocarbonyl (C=S) groups is 1. The van der Waals surface area contributed by atoms with Crippen LogP contribution in [0.2, 0.25) is 0 Å². The molecular formula is C14H19BrF2N2OS. The third-order valence-electron chi connectivity index (χ3n) is 3.08. The summed E-state index contributed by atoms with van der Waals surface area (Å²) in [7, 11) is 0. The molecule has 0 saturated heterocycles. The lowest BCUT2D eigenvalue weighted by molar-refractivity contribution is -0.0493. The van der Waals surface area contributed by atoms with Gasteiger partial charge in [-0.3, -0.25) is 0 Å². The third-order valence-corrected chi connectivity index (χ3v) is 3.96. The monoisotopic (exact) mass is 380 g/mol. The number of anilines is 1. The summed E-state index contributed by atoms with van der Waals surface area (Å²) in [6.07, 6.45) is 0. The molecule has 0 unspecified atom stereocenters. The fourth-order valence-corrected chi connectivity index (χ4v) is 2.11. The van der Waals surface area contributed by atoms with Crippen molar-refractivity contribution in [2.75, 3.05) is 5.32 Å². The number of para-hydroxylation sites is 1. The molecule has 0 radical (unpaired) electrons. The zero-order chi connectivity index (χ0) is 16.2. The number of benzene rings is 1. The highest BCUT2D eigenvalue weighted by Gasteiger charge is 2.21. The first-order chi connectivity index (χ1) is 9.61. The Kier molecular flexibility index (Phi) is 6.34. The van der Waals surface area contributed by atoms with Gasteiger partial charge in [0.15, 0.2) is 10.9 Å². The summed E-state index contributed by atoms with van der Waals surface area (Å²) in [6, 6.07) is 4.90. The number of rotatable bonds is 4. The maximum atomic E-state index is 12.4. The first-order valence-electron chi connectivity index (χ1n) is 6.42. The van der Waals surface area contributed by atoms with Crippen molar-refractivity contribution >= 4 is 38.9 Å².